The van der Waals surface area contributed by atoms with Crippen molar-refractivity contribution in [1.29, 1.82) is 0 Å². The van der Waals surface area contributed by atoms with E-state index in [1.807, 2.05) is 35.0 Å². The van der Waals surface area contributed by atoms with Gasteiger partial charge in [0.2, 0.25) is 11.1 Å². The molecule has 5 nitrogen and oxygen atoms in total. The van der Waals surface area contributed by atoms with E-state index in [9.17, 15) is 4.79 Å². The van der Waals surface area contributed by atoms with Crippen LogP contribution in [-0.4, -0.2) is 33.0 Å². The molecule has 6 heteroatoms. The van der Waals surface area contributed by atoms with Crippen LogP contribution in [0.15, 0.2) is 35.5 Å². The summed E-state index contributed by atoms with van der Waals surface area (Å²) in [4.78, 5) is 16.5. The van der Waals surface area contributed by atoms with Crippen LogP contribution in [0.1, 0.15) is 38.4 Å². The molecule has 0 radical (unpaired) electrons. The maximum Gasteiger partial charge on any atom is 0.230 e. The maximum absolute atomic E-state index is 11.8. The van der Waals surface area contributed by atoms with E-state index in [0.29, 0.717) is 29.3 Å². The van der Waals surface area contributed by atoms with Crippen molar-refractivity contribution in [1.82, 2.24) is 20.1 Å². The average molecular weight is 330 g/mol. The number of rotatable bonds is 7. The SMILES string of the molecule is CC(C)CNC(=O)CSc1nc(C2CC2)n(-c2ccccc2)n1. The van der Waals surface area contributed by atoms with Gasteiger partial charge >= 0.3 is 0 Å². The van der Waals surface area contributed by atoms with Crippen LogP contribution >= 0.6 is 11.8 Å². The quantitative estimate of drug-likeness (QED) is 0.793. The van der Waals surface area contributed by atoms with Gasteiger partial charge in [-0.1, -0.05) is 43.8 Å². The van der Waals surface area contributed by atoms with Crippen LogP contribution in [0.3, 0.4) is 0 Å². The number of aromatic nitrogens is 3. The summed E-state index contributed by atoms with van der Waals surface area (Å²) in [5, 5.41) is 8.19. The fraction of sp³-hybridized carbons (Fsp3) is 0.471. The van der Waals surface area contributed by atoms with Crippen molar-refractivity contribution in [2.45, 2.75) is 37.8 Å². The molecule has 1 fully saturated rings. The Labute approximate surface area is 140 Å². The van der Waals surface area contributed by atoms with Gasteiger partial charge in [-0.05, 0) is 30.9 Å². The van der Waals surface area contributed by atoms with Gasteiger partial charge in [-0.15, -0.1) is 5.10 Å². The minimum Gasteiger partial charge on any atom is -0.355 e. The summed E-state index contributed by atoms with van der Waals surface area (Å²) < 4.78 is 1.92. The zero-order valence-corrected chi connectivity index (χ0v) is 14.3. The fourth-order valence-corrected chi connectivity index (χ4v) is 2.89. The van der Waals surface area contributed by atoms with Crippen molar-refractivity contribution in [3.05, 3.63) is 36.2 Å². The van der Waals surface area contributed by atoms with Gasteiger partial charge in [0.15, 0.2) is 0 Å². The van der Waals surface area contributed by atoms with Gasteiger partial charge in [0, 0.05) is 12.5 Å². The molecule has 0 atom stereocenters. The molecule has 1 heterocycles. The van der Waals surface area contributed by atoms with Crippen LogP contribution in [-0.2, 0) is 4.79 Å². The second kappa shape index (κ2) is 7.17. The number of benzene rings is 1. The molecule has 1 aromatic heterocycles. The third-order valence-corrected chi connectivity index (χ3v) is 4.43. The van der Waals surface area contributed by atoms with E-state index in [1.165, 1.54) is 24.6 Å². The molecule has 23 heavy (non-hydrogen) atoms. The lowest BCUT2D eigenvalue weighted by Crippen LogP contribution is -2.28. The molecule has 0 saturated heterocycles. The van der Waals surface area contributed by atoms with Gasteiger partial charge in [-0.2, -0.15) is 0 Å². The molecular formula is C17H22N4OS. The lowest BCUT2D eigenvalue weighted by atomic mass is 10.2. The van der Waals surface area contributed by atoms with Crippen LogP contribution in [0.4, 0.5) is 0 Å². The molecule has 1 aromatic carbocycles. The molecule has 0 aliphatic heterocycles. The second-order valence-corrected chi connectivity index (χ2v) is 7.20. The van der Waals surface area contributed by atoms with Gasteiger partial charge in [0.05, 0.1) is 11.4 Å². The van der Waals surface area contributed by atoms with Gasteiger partial charge < -0.3 is 5.32 Å². The first-order valence-corrected chi connectivity index (χ1v) is 9.04. The summed E-state index contributed by atoms with van der Waals surface area (Å²) in [5.74, 6) is 2.37. The van der Waals surface area contributed by atoms with E-state index >= 15 is 0 Å². The highest BCUT2D eigenvalue weighted by molar-refractivity contribution is 7.99. The van der Waals surface area contributed by atoms with Gasteiger partial charge in [-0.3, -0.25) is 4.79 Å². The molecule has 1 N–H and O–H groups in total. The first kappa shape index (κ1) is 16.1. The number of carbonyl (C=O) groups is 1. The Bertz CT molecular complexity index is 664. The molecule has 1 aliphatic rings. The Balaban J connectivity index is 1.68. The molecule has 0 unspecified atom stereocenters. The Morgan fingerprint density at radius 3 is 2.74 bits per heavy atom. The van der Waals surface area contributed by atoms with Crippen molar-refractivity contribution in [3.8, 4) is 5.69 Å². The highest BCUT2D eigenvalue weighted by Crippen LogP contribution is 2.40. The third-order valence-electron chi connectivity index (χ3n) is 3.60. The highest BCUT2D eigenvalue weighted by atomic mass is 32.2. The minimum atomic E-state index is 0.0349. The zero-order valence-electron chi connectivity index (χ0n) is 13.5. The smallest absolute Gasteiger partial charge is 0.230 e. The van der Waals surface area contributed by atoms with E-state index in [4.69, 9.17) is 0 Å². The third kappa shape index (κ3) is 4.34. The topological polar surface area (TPSA) is 59.8 Å². The van der Waals surface area contributed by atoms with E-state index in [2.05, 4.69) is 29.2 Å². The van der Waals surface area contributed by atoms with Crippen LogP contribution in [0.25, 0.3) is 5.69 Å². The van der Waals surface area contributed by atoms with Crippen LogP contribution in [0.5, 0.6) is 0 Å². The lowest BCUT2D eigenvalue weighted by Gasteiger charge is -2.06. The zero-order chi connectivity index (χ0) is 16.2. The van der Waals surface area contributed by atoms with E-state index in [-0.39, 0.29) is 5.91 Å². The van der Waals surface area contributed by atoms with Crippen molar-refractivity contribution in [2.75, 3.05) is 12.3 Å². The van der Waals surface area contributed by atoms with Crippen molar-refractivity contribution < 1.29 is 4.79 Å². The van der Waals surface area contributed by atoms with Crippen LogP contribution < -0.4 is 5.32 Å². The molecule has 1 amide bonds. The normalized spacial score (nSPS) is 14.2. The largest absolute Gasteiger partial charge is 0.355 e. The Hall–Kier alpha value is -1.82. The van der Waals surface area contributed by atoms with E-state index < -0.39 is 0 Å². The Morgan fingerprint density at radius 1 is 1.35 bits per heavy atom. The molecule has 2 aromatic rings. The van der Waals surface area contributed by atoms with Crippen LogP contribution in [0.2, 0.25) is 0 Å². The van der Waals surface area contributed by atoms with Crippen molar-refractivity contribution in [3.63, 3.8) is 0 Å². The molecular weight excluding hydrogens is 308 g/mol. The van der Waals surface area contributed by atoms with Gasteiger partial charge in [0.25, 0.3) is 0 Å². The van der Waals surface area contributed by atoms with Gasteiger partial charge in [0.1, 0.15) is 5.82 Å². The van der Waals surface area contributed by atoms with E-state index in [1.54, 1.807) is 0 Å². The van der Waals surface area contributed by atoms with E-state index in [0.717, 1.165) is 11.5 Å². The molecule has 3 rings (SSSR count). The number of hydrogen-bond donors (Lipinski definition) is 1. The first-order valence-electron chi connectivity index (χ1n) is 8.05. The molecule has 0 spiro atoms. The second-order valence-electron chi connectivity index (χ2n) is 6.26. The summed E-state index contributed by atoms with van der Waals surface area (Å²) in [6.45, 7) is 4.87. The van der Waals surface area contributed by atoms with Crippen molar-refractivity contribution >= 4 is 17.7 Å². The fourth-order valence-electron chi connectivity index (χ4n) is 2.23. The summed E-state index contributed by atoms with van der Waals surface area (Å²) in [5.41, 5.74) is 1.03. The summed E-state index contributed by atoms with van der Waals surface area (Å²) in [7, 11) is 0. The number of thioether (sulfide) groups is 1. The van der Waals surface area contributed by atoms with Crippen LogP contribution in [0, 0.1) is 5.92 Å². The predicted molar refractivity (Wildman–Crippen MR) is 91.9 cm³/mol. The monoisotopic (exact) mass is 330 g/mol. The average Bonchev–Trinajstić information content (AvgIpc) is 3.31. The number of hydrogen-bond acceptors (Lipinski definition) is 4. The van der Waals surface area contributed by atoms with Crippen molar-refractivity contribution in [2.24, 2.45) is 5.92 Å². The number of nitrogens with one attached hydrogen (secondary N) is 1. The Kier molecular flexibility index (Phi) is 5.00. The highest BCUT2D eigenvalue weighted by Gasteiger charge is 2.30. The molecule has 122 valence electrons. The van der Waals surface area contributed by atoms with Gasteiger partial charge in [-0.25, -0.2) is 9.67 Å². The molecule has 0 bridgehead atoms. The summed E-state index contributed by atoms with van der Waals surface area (Å²) >= 11 is 1.40. The molecule has 1 saturated carbocycles. The Morgan fingerprint density at radius 2 is 2.09 bits per heavy atom. The number of amides is 1. The summed E-state index contributed by atoms with van der Waals surface area (Å²) in [6, 6.07) is 10.1. The minimum absolute atomic E-state index is 0.0349. The first-order chi connectivity index (χ1) is 11.1. The predicted octanol–water partition coefficient (Wildman–Crippen LogP) is 3.01. The number of nitrogens with zero attached hydrogens (tertiary/aromatic N) is 3. The number of carbonyl (C=O) groups excluding carboxylic acids is 1. The standard InChI is InChI=1S/C17H22N4OS/c1-12(2)10-18-15(22)11-23-17-19-16(13-8-9-13)21(20-17)14-6-4-3-5-7-14/h3-7,12-13H,8-11H2,1-2H3,(H,18,22). The maximum atomic E-state index is 11.8. The molecule has 1 aliphatic carbocycles. The number of para-hydroxylation sites is 1. The lowest BCUT2D eigenvalue weighted by molar-refractivity contribution is -0.118. The summed E-state index contributed by atoms with van der Waals surface area (Å²) in [6.07, 6.45) is 2.34.